The van der Waals surface area contributed by atoms with E-state index in [2.05, 4.69) is 5.32 Å². The predicted molar refractivity (Wildman–Crippen MR) is 112 cm³/mol. The Hall–Kier alpha value is -2.58. The molecule has 2 rings (SSSR count). The van der Waals surface area contributed by atoms with Crippen LogP contribution in [0.15, 0.2) is 53.4 Å². The third kappa shape index (κ3) is 5.71. The van der Waals surface area contributed by atoms with Crippen LogP contribution in [0, 0.1) is 0 Å². The summed E-state index contributed by atoms with van der Waals surface area (Å²) in [5.74, 6) is 0.868. The summed E-state index contributed by atoms with van der Waals surface area (Å²) in [4.78, 5) is 12.7. The first-order chi connectivity index (χ1) is 13.8. The van der Waals surface area contributed by atoms with E-state index in [1.165, 1.54) is 12.1 Å². The minimum absolute atomic E-state index is 0.119. The Morgan fingerprint density at radius 1 is 1.10 bits per heavy atom. The fraction of sp³-hybridized carbons (Fsp3) is 0.381. The van der Waals surface area contributed by atoms with E-state index in [9.17, 15) is 13.2 Å². The molecule has 29 heavy (non-hydrogen) atoms. The molecule has 0 unspecified atom stereocenters. The molecular weight excluding hydrogens is 392 g/mol. The summed E-state index contributed by atoms with van der Waals surface area (Å²) in [6, 6.07) is 13.2. The molecule has 0 saturated heterocycles. The van der Waals surface area contributed by atoms with E-state index in [0.717, 1.165) is 9.87 Å². The molecule has 0 fully saturated rings. The largest absolute Gasteiger partial charge is 0.496 e. The Labute approximate surface area is 172 Å². The lowest BCUT2D eigenvalue weighted by atomic mass is 10.1. The van der Waals surface area contributed by atoms with Crippen molar-refractivity contribution in [3.05, 3.63) is 54.1 Å². The minimum Gasteiger partial charge on any atom is -0.496 e. The van der Waals surface area contributed by atoms with Crippen LogP contribution < -0.4 is 14.8 Å². The molecule has 7 nitrogen and oxygen atoms in total. The van der Waals surface area contributed by atoms with Gasteiger partial charge in [-0.05, 0) is 44.2 Å². The molecule has 0 aliphatic carbocycles. The number of nitrogens with zero attached hydrogens (tertiary/aromatic N) is 1. The molecule has 0 heterocycles. The number of hydrogen-bond acceptors (Lipinski definition) is 5. The van der Waals surface area contributed by atoms with E-state index in [-0.39, 0.29) is 29.9 Å². The molecule has 0 bridgehead atoms. The second-order valence-corrected chi connectivity index (χ2v) is 8.30. The monoisotopic (exact) mass is 420 g/mol. The van der Waals surface area contributed by atoms with Crippen LogP contribution >= 0.6 is 0 Å². The van der Waals surface area contributed by atoms with Crippen molar-refractivity contribution in [2.24, 2.45) is 0 Å². The van der Waals surface area contributed by atoms with E-state index >= 15 is 0 Å². The van der Waals surface area contributed by atoms with Crippen LogP contribution in [0.1, 0.15) is 32.4 Å². The van der Waals surface area contributed by atoms with Gasteiger partial charge in [0.25, 0.3) is 0 Å². The van der Waals surface area contributed by atoms with Gasteiger partial charge >= 0.3 is 0 Å². The second kappa shape index (κ2) is 10.3. The van der Waals surface area contributed by atoms with Crippen LogP contribution in [-0.2, 0) is 14.8 Å². The van der Waals surface area contributed by atoms with Crippen molar-refractivity contribution >= 4 is 15.9 Å². The van der Waals surface area contributed by atoms with Crippen molar-refractivity contribution in [3.63, 3.8) is 0 Å². The molecule has 0 saturated carbocycles. The summed E-state index contributed by atoms with van der Waals surface area (Å²) >= 11 is 0. The number of methoxy groups -OCH3 is 1. The zero-order valence-corrected chi connectivity index (χ0v) is 18.0. The normalized spacial score (nSPS) is 12.4. The number of carbonyl (C=O) groups is 1. The van der Waals surface area contributed by atoms with Crippen LogP contribution in [0.3, 0.4) is 0 Å². The lowest BCUT2D eigenvalue weighted by Crippen LogP contribution is -2.41. The topological polar surface area (TPSA) is 84.9 Å². The zero-order valence-electron chi connectivity index (χ0n) is 17.2. The van der Waals surface area contributed by atoms with E-state index in [1.807, 2.05) is 38.1 Å². The summed E-state index contributed by atoms with van der Waals surface area (Å²) in [5.41, 5.74) is 0.820. The molecule has 0 aromatic heterocycles. The molecule has 0 spiro atoms. The third-order valence-electron chi connectivity index (χ3n) is 4.43. The van der Waals surface area contributed by atoms with Crippen molar-refractivity contribution in [2.75, 3.05) is 26.8 Å². The first kappa shape index (κ1) is 22.7. The summed E-state index contributed by atoms with van der Waals surface area (Å²) in [6.45, 7) is 5.78. The Balaban J connectivity index is 2.10. The van der Waals surface area contributed by atoms with Gasteiger partial charge in [0, 0.05) is 12.1 Å². The number of ether oxygens (including phenoxy) is 2. The van der Waals surface area contributed by atoms with E-state index in [1.54, 1.807) is 26.2 Å². The van der Waals surface area contributed by atoms with Crippen molar-refractivity contribution < 1.29 is 22.7 Å². The highest BCUT2D eigenvalue weighted by Gasteiger charge is 2.26. The molecule has 1 N–H and O–H groups in total. The van der Waals surface area contributed by atoms with Crippen molar-refractivity contribution in [1.29, 1.82) is 0 Å². The number of nitrogens with one attached hydrogen (secondary N) is 1. The smallest absolute Gasteiger partial charge is 0.243 e. The van der Waals surface area contributed by atoms with E-state index < -0.39 is 10.0 Å². The van der Waals surface area contributed by atoms with E-state index in [4.69, 9.17) is 9.47 Å². The van der Waals surface area contributed by atoms with Gasteiger partial charge < -0.3 is 14.8 Å². The maximum atomic E-state index is 12.9. The standard InChI is InChI=1S/C21H28N2O5S/c1-5-23(29(25,26)18-13-11-17(12-14-18)28-6-2)15-21(24)22-16(3)19-9-7-8-10-20(19)27-4/h7-14,16H,5-6,15H2,1-4H3,(H,22,24)/t16-/m0/s1. The number of carbonyl (C=O) groups excluding carboxylic acids is 1. The molecule has 2 aromatic carbocycles. The van der Waals surface area contributed by atoms with Gasteiger partial charge in [-0.25, -0.2) is 8.42 Å². The molecular formula is C21H28N2O5S. The number of sulfonamides is 1. The molecule has 0 radical (unpaired) electrons. The first-order valence-corrected chi connectivity index (χ1v) is 10.9. The highest BCUT2D eigenvalue weighted by Crippen LogP contribution is 2.24. The minimum atomic E-state index is -3.80. The fourth-order valence-electron chi connectivity index (χ4n) is 2.94. The first-order valence-electron chi connectivity index (χ1n) is 9.48. The number of para-hydroxylation sites is 1. The van der Waals surface area contributed by atoms with Crippen molar-refractivity contribution in [3.8, 4) is 11.5 Å². The molecule has 2 aromatic rings. The number of amides is 1. The summed E-state index contributed by atoms with van der Waals surface area (Å²) in [6.07, 6.45) is 0. The molecule has 0 aliphatic rings. The molecule has 8 heteroatoms. The van der Waals surface area contributed by atoms with E-state index in [0.29, 0.717) is 18.1 Å². The zero-order chi connectivity index (χ0) is 21.4. The Morgan fingerprint density at radius 3 is 2.34 bits per heavy atom. The summed E-state index contributed by atoms with van der Waals surface area (Å²) in [7, 11) is -2.23. The van der Waals surface area contributed by atoms with Crippen LogP contribution in [0.5, 0.6) is 11.5 Å². The van der Waals surface area contributed by atoms with Crippen LogP contribution in [-0.4, -0.2) is 45.4 Å². The molecule has 158 valence electrons. The maximum absolute atomic E-state index is 12.9. The maximum Gasteiger partial charge on any atom is 0.243 e. The molecule has 1 amide bonds. The molecule has 0 aliphatic heterocycles. The Kier molecular flexibility index (Phi) is 8.04. The Morgan fingerprint density at radius 2 is 1.76 bits per heavy atom. The highest BCUT2D eigenvalue weighted by atomic mass is 32.2. The number of rotatable bonds is 10. The Bertz CT molecular complexity index is 913. The average molecular weight is 421 g/mol. The SMILES string of the molecule is CCOc1ccc(S(=O)(=O)N(CC)CC(=O)N[C@@H](C)c2ccccc2OC)cc1. The van der Waals surface area contributed by atoms with Gasteiger partial charge in [-0.1, -0.05) is 25.1 Å². The lowest BCUT2D eigenvalue weighted by molar-refractivity contribution is -0.121. The van der Waals surface area contributed by atoms with Crippen molar-refractivity contribution in [2.45, 2.75) is 31.7 Å². The number of likely N-dealkylation sites (N-methyl/N-ethyl adjacent to an activating group) is 1. The molecule has 1 atom stereocenters. The average Bonchev–Trinajstić information content (AvgIpc) is 2.72. The van der Waals surface area contributed by atoms with Gasteiger partial charge in [0.05, 0.1) is 31.2 Å². The van der Waals surface area contributed by atoms with Gasteiger partial charge in [-0.2, -0.15) is 4.31 Å². The van der Waals surface area contributed by atoms with Crippen LogP contribution in [0.2, 0.25) is 0 Å². The van der Waals surface area contributed by atoms with Gasteiger partial charge in [-0.3, -0.25) is 4.79 Å². The van der Waals surface area contributed by atoms with Crippen LogP contribution in [0.4, 0.5) is 0 Å². The predicted octanol–water partition coefficient (Wildman–Crippen LogP) is 2.98. The fourth-order valence-corrected chi connectivity index (χ4v) is 4.34. The van der Waals surface area contributed by atoms with Gasteiger partial charge in [0.1, 0.15) is 11.5 Å². The highest BCUT2D eigenvalue weighted by molar-refractivity contribution is 7.89. The quantitative estimate of drug-likeness (QED) is 0.639. The van der Waals surface area contributed by atoms with Gasteiger partial charge in [0.15, 0.2) is 0 Å². The summed E-state index contributed by atoms with van der Waals surface area (Å²) < 4.78 is 37.6. The number of hydrogen-bond donors (Lipinski definition) is 1. The van der Waals surface area contributed by atoms with Gasteiger partial charge in [0.2, 0.25) is 15.9 Å². The second-order valence-electron chi connectivity index (χ2n) is 6.37. The van der Waals surface area contributed by atoms with Gasteiger partial charge in [-0.15, -0.1) is 0 Å². The lowest BCUT2D eigenvalue weighted by Gasteiger charge is -2.22. The third-order valence-corrected chi connectivity index (χ3v) is 6.36. The summed E-state index contributed by atoms with van der Waals surface area (Å²) in [5, 5.41) is 2.84. The van der Waals surface area contributed by atoms with Crippen LogP contribution in [0.25, 0.3) is 0 Å². The van der Waals surface area contributed by atoms with Crippen molar-refractivity contribution in [1.82, 2.24) is 9.62 Å². The number of benzene rings is 2.